The second kappa shape index (κ2) is 9.79. The molecule has 1 aliphatic rings. The first-order chi connectivity index (χ1) is 14.7. The van der Waals surface area contributed by atoms with Gasteiger partial charge in [-0.3, -0.25) is 4.99 Å². The number of unbranched alkanes of at least 4 members (excludes halogenated alkanes) is 1. The Morgan fingerprint density at radius 3 is 1.84 bits per heavy atom. The highest BCUT2D eigenvalue weighted by molar-refractivity contribution is 6.45. The maximum absolute atomic E-state index is 12.0. The fourth-order valence-electron chi connectivity index (χ4n) is 3.64. The molecule has 5 nitrogen and oxygen atoms in total. The van der Waals surface area contributed by atoms with Gasteiger partial charge in [0.1, 0.15) is 6.04 Å². The molecule has 1 saturated heterocycles. The Hall–Kier alpha value is -2.44. The Morgan fingerprint density at radius 1 is 0.903 bits per heavy atom. The van der Waals surface area contributed by atoms with Gasteiger partial charge in [0.2, 0.25) is 0 Å². The Balaban J connectivity index is 1.67. The van der Waals surface area contributed by atoms with Gasteiger partial charge in [0.25, 0.3) is 0 Å². The van der Waals surface area contributed by atoms with Crippen LogP contribution in [0.2, 0.25) is 6.32 Å². The van der Waals surface area contributed by atoms with Crippen LogP contribution in [0.5, 0.6) is 0 Å². The topological polar surface area (TPSA) is 68.1 Å². The lowest BCUT2D eigenvalue weighted by Gasteiger charge is -2.32. The van der Waals surface area contributed by atoms with Gasteiger partial charge in [0.05, 0.1) is 16.9 Å². The fraction of sp³-hybridized carbons (Fsp3) is 0.440. The van der Waals surface area contributed by atoms with E-state index in [1.54, 1.807) is 0 Å². The highest BCUT2D eigenvalue weighted by Gasteiger charge is 2.50. The number of hydrogen-bond acceptors (Lipinski definition) is 4. The van der Waals surface area contributed by atoms with Gasteiger partial charge >= 0.3 is 13.1 Å². The third-order valence-electron chi connectivity index (χ3n) is 6.13. The van der Waals surface area contributed by atoms with Gasteiger partial charge in [-0.2, -0.15) is 0 Å². The molecule has 164 valence electrons. The first kappa shape index (κ1) is 23.2. The molecule has 31 heavy (non-hydrogen) atoms. The number of rotatable bonds is 9. The Kier molecular flexibility index (Phi) is 7.34. The third-order valence-corrected chi connectivity index (χ3v) is 6.13. The predicted octanol–water partition coefficient (Wildman–Crippen LogP) is 5.24. The number of carboxylic acids is 1. The van der Waals surface area contributed by atoms with Crippen LogP contribution >= 0.6 is 0 Å². The highest BCUT2D eigenvalue weighted by atomic mass is 16.7. The van der Waals surface area contributed by atoms with Crippen LogP contribution in [0, 0.1) is 0 Å². The van der Waals surface area contributed by atoms with Crippen molar-refractivity contribution in [3.8, 4) is 0 Å². The highest BCUT2D eigenvalue weighted by Crippen LogP contribution is 2.38. The standard InChI is InChI=1S/C25H32BNO4/c1-24(2)25(3,4)31-26(30-24)18-12-11-17-21(23(28)29)27-22(19-13-7-5-8-14-19)20-15-9-6-10-16-20/h5-10,13-16,21H,11-12,17-18H2,1-4H3,(H,28,29). The molecule has 1 heterocycles. The fourth-order valence-corrected chi connectivity index (χ4v) is 3.64. The van der Waals surface area contributed by atoms with E-state index in [0.29, 0.717) is 12.1 Å². The van der Waals surface area contributed by atoms with Crippen molar-refractivity contribution in [2.75, 3.05) is 0 Å². The van der Waals surface area contributed by atoms with Crippen molar-refractivity contribution < 1.29 is 19.2 Å². The molecule has 0 radical (unpaired) electrons. The first-order valence-electron chi connectivity index (χ1n) is 11.0. The van der Waals surface area contributed by atoms with Crippen molar-refractivity contribution in [3.63, 3.8) is 0 Å². The maximum Gasteiger partial charge on any atom is 0.457 e. The second-order valence-corrected chi connectivity index (χ2v) is 9.03. The normalized spacial score (nSPS) is 17.9. The van der Waals surface area contributed by atoms with E-state index in [9.17, 15) is 9.90 Å². The van der Waals surface area contributed by atoms with Gasteiger partial charge in [0, 0.05) is 11.1 Å². The summed E-state index contributed by atoms with van der Waals surface area (Å²) in [5, 5.41) is 9.81. The summed E-state index contributed by atoms with van der Waals surface area (Å²) in [4.78, 5) is 16.6. The molecule has 2 aromatic carbocycles. The summed E-state index contributed by atoms with van der Waals surface area (Å²) in [5.41, 5.74) is 1.85. The zero-order valence-electron chi connectivity index (χ0n) is 18.9. The van der Waals surface area contributed by atoms with E-state index in [1.165, 1.54) is 0 Å². The number of carboxylic acid groups (broad SMARTS) is 1. The lowest BCUT2D eigenvalue weighted by Crippen LogP contribution is -2.41. The average molecular weight is 421 g/mol. The minimum absolute atomic E-state index is 0.249. The average Bonchev–Trinajstić information content (AvgIpc) is 2.94. The Labute approximate surface area is 185 Å². The minimum Gasteiger partial charge on any atom is -0.480 e. The van der Waals surface area contributed by atoms with E-state index in [2.05, 4.69) is 4.99 Å². The number of hydrogen-bond donors (Lipinski definition) is 1. The summed E-state index contributed by atoms with van der Waals surface area (Å²) in [6.07, 6.45) is 2.77. The first-order valence-corrected chi connectivity index (χ1v) is 11.0. The zero-order chi connectivity index (χ0) is 22.5. The molecule has 0 bridgehead atoms. The number of benzene rings is 2. The molecular formula is C25H32BNO4. The quantitative estimate of drug-likeness (QED) is 0.342. The molecule has 1 fully saturated rings. The van der Waals surface area contributed by atoms with Gasteiger partial charge in [0.15, 0.2) is 0 Å². The third kappa shape index (κ3) is 5.84. The van der Waals surface area contributed by atoms with Crippen LogP contribution in [-0.2, 0) is 14.1 Å². The zero-order valence-corrected chi connectivity index (χ0v) is 18.9. The van der Waals surface area contributed by atoms with Crippen molar-refractivity contribution in [2.24, 2.45) is 4.99 Å². The van der Waals surface area contributed by atoms with E-state index in [0.717, 1.165) is 30.3 Å². The van der Waals surface area contributed by atoms with Gasteiger partial charge in [-0.25, -0.2) is 4.79 Å². The molecule has 0 amide bonds. The molecule has 1 atom stereocenters. The molecule has 1 aliphatic heterocycles. The number of nitrogens with zero attached hydrogens (tertiary/aromatic N) is 1. The van der Waals surface area contributed by atoms with E-state index < -0.39 is 12.0 Å². The van der Waals surface area contributed by atoms with Gasteiger partial charge in [-0.1, -0.05) is 73.5 Å². The van der Waals surface area contributed by atoms with Crippen molar-refractivity contribution in [3.05, 3.63) is 71.8 Å². The molecule has 1 N–H and O–H groups in total. The SMILES string of the molecule is CC1(C)OB(CCCCC(N=C(c2ccccc2)c2ccccc2)C(=O)O)OC1(C)C. The van der Waals surface area contributed by atoms with Crippen molar-refractivity contribution in [1.29, 1.82) is 0 Å². The van der Waals surface area contributed by atoms with Crippen LogP contribution in [0.25, 0.3) is 0 Å². The smallest absolute Gasteiger partial charge is 0.457 e. The minimum atomic E-state index is -0.903. The largest absolute Gasteiger partial charge is 0.480 e. The molecule has 3 rings (SSSR count). The number of aliphatic carboxylic acids is 1. The Bertz CT molecular complexity index is 839. The van der Waals surface area contributed by atoms with Crippen LogP contribution < -0.4 is 0 Å². The van der Waals surface area contributed by atoms with Gasteiger partial charge < -0.3 is 14.4 Å². The monoisotopic (exact) mass is 421 g/mol. The molecule has 0 saturated carbocycles. The van der Waals surface area contributed by atoms with Crippen LogP contribution in [0.15, 0.2) is 65.7 Å². The summed E-state index contributed by atoms with van der Waals surface area (Å²) in [6, 6.07) is 18.7. The molecule has 0 spiro atoms. The van der Waals surface area contributed by atoms with Crippen LogP contribution in [0.3, 0.4) is 0 Å². The van der Waals surface area contributed by atoms with Crippen molar-refractivity contribution in [1.82, 2.24) is 0 Å². The molecule has 1 unspecified atom stereocenters. The molecule has 0 aliphatic carbocycles. The lowest BCUT2D eigenvalue weighted by molar-refractivity contribution is -0.138. The molecular weight excluding hydrogens is 389 g/mol. The Morgan fingerprint density at radius 2 is 1.39 bits per heavy atom. The van der Waals surface area contributed by atoms with Crippen LogP contribution in [0.4, 0.5) is 0 Å². The van der Waals surface area contributed by atoms with Crippen molar-refractivity contribution in [2.45, 2.75) is 70.5 Å². The molecule has 6 heteroatoms. The summed E-state index contributed by atoms with van der Waals surface area (Å²) in [5.74, 6) is -0.903. The number of carbonyl (C=O) groups is 1. The summed E-state index contributed by atoms with van der Waals surface area (Å²) < 4.78 is 12.1. The van der Waals surface area contributed by atoms with E-state index in [-0.39, 0.29) is 18.3 Å². The van der Waals surface area contributed by atoms with E-state index in [4.69, 9.17) is 9.31 Å². The summed E-state index contributed by atoms with van der Waals surface area (Å²) >= 11 is 0. The van der Waals surface area contributed by atoms with Gasteiger partial charge in [-0.15, -0.1) is 0 Å². The summed E-state index contributed by atoms with van der Waals surface area (Å²) in [6.45, 7) is 8.15. The maximum atomic E-state index is 12.0. The van der Waals surface area contributed by atoms with E-state index >= 15 is 0 Å². The van der Waals surface area contributed by atoms with E-state index in [1.807, 2.05) is 88.4 Å². The van der Waals surface area contributed by atoms with Crippen LogP contribution in [0.1, 0.15) is 58.1 Å². The van der Waals surface area contributed by atoms with Gasteiger partial charge in [-0.05, 0) is 40.4 Å². The molecule has 2 aromatic rings. The molecule has 0 aromatic heterocycles. The number of aliphatic imine (C=N–C) groups is 1. The predicted molar refractivity (Wildman–Crippen MR) is 125 cm³/mol. The van der Waals surface area contributed by atoms with Crippen LogP contribution in [-0.4, -0.2) is 41.1 Å². The van der Waals surface area contributed by atoms with Crippen molar-refractivity contribution >= 4 is 18.8 Å². The summed E-state index contributed by atoms with van der Waals surface area (Å²) in [7, 11) is -0.249. The second-order valence-electron chi connectivity index (χ2n) is 9.03. The lowest BCUT2D eigenvalue weighted by atomic mass is 9.82.